The van der Waals surface area contributed by atoms with E-state index in [1.54, 1.807) is 0 Å². The number of benzene rings is 1. The molecule has 1 aromatic rings. The smallest absolute Gasteiger partial charge is 0.326 e. The number of nitriles is 1. The largest absolute Gasteiger partial charge is 0.481 e. The van der Waals surface area contributed by atoms with Crippen LogP contribution in [0.2, 0.25) is 5.02 Å². The first-order valence-electron chi connectivity index (χ1n) is 4.85. The second-order valence-electron chi connectivity index (χ2n) is 3.44. The van der Waals surface area contributed by atoms with Gasteiger partial charge in [-0.25, -0.2) is 4.79 Å². The van der Waals surface area contributed by atoms with E-state index < -0.39 is 24.4 Å². The van der Waals surface area contributed by atoms with Crippen molar-refractivity contribution in [3.63, 3.8) is 0 Å². The second-order valence-corrected chi connectivity index (χ2v) is 3.85. The number of rotatable bonds is 5. The molecule has 6 nitrogen and oxygen atoms in total. The van der Waals surface area contributed by atoms with Crippen molar-refractivity contribution in [2.75, 3.05) is 5.32 Å². The van der Waals surface area contributed by atoms with Crippen molar-refractivity contribution in [3.05, 3.63) is 28.8 Å². The number of nitrogens with one attached hydrogen (secondary N) is 1. The van der Waals surface area contributed by atoms with Crippen molar-refractivity contribution < 1.29 is 19.8 Å². The van der Waals surface area contributed by atoms with Crippen LogP contribution in [0.5, 0.6) is 0 Å². The zero-order valence-corrected chi connectivity index (χ0v) is 9.81. The molecular formula is C11H9ClN2O4. The molecule has 1 aromatic carbocycles. The minimum absolute atomic E-state index is 0.168. The molecule has 1 unspecified atom stereocenters. The van der Waals surface area contributed by atoms with Gasteiger partial charge in [-0.15, -0.1) is 0 Å². The predicted molar refractivity (Wildman–Crippen MR) is 63.5 cm³/mol. The highest BCUT2D eigenvalue weighted by Gasteiger charge is 2.20. The highest BCUT2D eigenvalue weighted by atomic mass is 35.5. The fraction of sp³-hybridized carbons (Fsp3) is 0.182. The fourth-order valence-corrected chi connectivity index (χ4v) is 1.49. The van der Waals surface area contributed by atoms with Gasteiger partial charge in [-0.05, 0) is 18.2 Å². The van der Waals surface area contributed by atoms with E-state index >= 15 is 0 Å². The first-order chi connectivity index (χ1) is 8.43. The normalized spacial score (nSPS) is 11.3. The van der Waals surface area contributed by atoms with Gasteiger partial charge in [0.05, 0.1) is 17.0 Å². The molecule has 0 aliphatic rings. The molecule has 0 aliphatic carbocycles. The van der Waals surface area contributed by atoms with Crippen molar-refractivity contribution in [1.82, 2.24) is 0 Å². The van der Waals surface area contributed by atoms with Crippen molar-refractivity contribution in [1.29, 1.82) is 5.26 Å². The summed E-state index contributed by atoms with van der Waals surface area (Å²) in [4.78, 5) is 21.3. The van der Waals surface area contributed by atoms with Crippen LogP contribution in [-0.2, 0) is 9.59 Å². The molecule has 0 fully saturated rings. The molecule has 0 aromatic heterocycles. The number of anilines is 1. The van der Waals surface area contributed by atoms with E-state index in [0.717, 1.165) is 0 Å². The van der Waals surface area contributed by atoms with Crippen molar-refractivity contribution in [3.8, 4) is 6.07 Å². The summed E-state index contributed by atoms with van der Waals surface area (Å²) in [6.07, 6.45) is -0.563. The topological polar surface area (TPSA) is 110 Å². The van der Waals surface area contributed by atoms with Crippen LogP contribution in [0.4, 0.5) is 5.69 Å². The van der Waals surface area contributed by atoms with Crippen LogP contribution >= 0.6 is 11.6 Å². The molecule has 0 radical (unpaired) electrons. The summed E-state index contributed by atoms with van der Waals surface area (Å²) < 4.78 is 0. The number of hydrogen-bond donors (Lipinski definition) is 3. The van der Waals surface area contributed by atoms with Crippen molar-refractivity contribution in [2.24, 2.45) is 0 Å². The summed E-state index contributed by atoms with van der Waals surface area (Å²) in [7, 11) is 0. The van der Waals surface area contributed by atoms with E-state index in [-0.39, 0.29) is 10.6 Å². The highest BCUT2D eigenvalue weighted by molar-refractivity contribution is 6.32. The summed E-state index contributed by atoms with van der Waals surface area (Å²) in [5.41, 5.74) is 0.597. The Hall–Kier alpha value is -2.26. The molecule has 0 saturated carbocycles. The van der Waals surface area contributed by atoms with Gasteiger partial charge in [-0.2, -0.15) is 5.26 Å². The highest BCUT2D eigenvalue weighted by Crippen LogP contribution is 2.21. The van der Waals surface area contributed by atoms with Gasteiger partial charge in [-0.1, -0.05) is 11.6 Å². The van der Waals surface area contributed by atoms with Crippen LogP contribution in [-0.4, -0.2) is 28.2 Å². The third-order valence-electron chi connectivity index (χ3n) is 2.11. The Bertz CT molecular complexity index is 524. The number of aliphatic carboxylic acids is 2. The maximum atomic E-state index is 10.8. The summed E-state index contributed by atoms with van der Waals surface area (Å²) in [5.74, 6) is -2.51. The molecular weight excluding hydrogens is 260 g/mol. The molecule has 1 atom stereocenters. The van der Waals surface area contributed by atoms with Crippen molar-refractivity contribution in [2.45, 2.75) is 12.5 Å². The SMILES string of the molecule is N#Cc1ccc(NC(CC(=O)O)C(=O)O)cc1Cl. The summed E-state index contributed by atoms with van der Waals surface area (Å²) >= 11 is 5.77. The molecule has 0 spiro atoms. The zero-order chi connectivity index (χ0) is 13.7. The Morgan fingerprint density at radius 3 is 2.56 bits per heavy atom. The van der Waals surface area contributed by atoms with Gasteiger partial charge >= 0.3 is 11.9 Å². The predicted octanol–water partition coefficient (Wildman–Crippen LogP) is 1.55. The summed E-state index contributed by atoms with van der Waals surface area (Å²) in [5, 5.41) is 28.8. The van der Waals surface area contributed by atoms with Gasteiger partial charge in [0, 0.05) is 5.69 Å². The minimum Gasteiger partial charge on any atom is -0.481 e. The monoisotopic (exact) mass is 268 g/mol. The van der Waals surface area contributed by atoms with Crippen LogP contribution in [0.15, 0.2) is 18.2 Å². The maximum absolute atomic E-state index is 10.8. The third kappa shape index (κ3) is 3.64. The molecule has 1 rings (SSSR count). The van der Waals surface area contributed by atoms with Gasteiger partial charge in [0.25, 0.3) is 0 Å². The van der Waals surface area contributed by atoms with E-state index in [9.17, 15) is 9.59 Å². The summed E-state index contributed by atoms with van der Waals surface area (Å²) in [6, 6.07) is 4.86. The first kappa shape index (κ1) is 13.8. The Kier molecular flexibility index (Phi) is 4.52. The quantitative estimate of drug-likeness (QED) is 0.747. The average Bonchev–Trinajstić information content (AvgIpc) is 2.27. The molecule has 0 saturated heterocycles. The van der Waals surface area contributed by atoms with Gasteiger partial charge in [0.1, 0.15) is 12.1 Å². The molecule has 0 amide bonds. The standard InChI is InChI=1S/C11H9ClN2O4/c12-8-3-7(2-1-6(8)5-13)14-9(11(17)18)4-10(15)16/h1-3,9,14H,4H2,(H,15,16)(H,17,18). The number of carbonyl (C=O) groups is 2. The lowest BCUT2D eigenvalue weighted by molar-refractivity contribution is -0.144. The van der Waals surface area contributed by atoms with Crippen LogP contribution in [0.3, 0.4) is 0 Å². The van der Waals surface area contributed by atoms with Gasteiger partial charge in [0.15, 0.2) is 0 Å². The molecule has 94 valence electrons. The second kappa shape index (κ2) is 5.89. The van der Waals surface area contributed by atoms with E-state index in [1.807, 2.05) is 6.07 Å². The Balaban J connectivity index is 2.88. The van der Waals surface area contributed by atoms with Crippen LogP contribution in [0, 0.1) is 11.3 Å². The Morgan fingerprint density at radius 2 is 2.11 bits per heavy atom. The molecule has 0 aliphatic heterocycles. The summed E-state index contributed by atoms with van der Waals surface area (Å²) in [6.45, 7) is 0. The van der Waals surface area contributed by atoms with E-state index in [0.29, 0.717) is 5.69 Å². The van der Waals surface area contributed by atoms with Crippen LogP contribution in [0.1, 0.15) is 12.0 Å². The number of carboxylic acids is 2. The lowest BCUT2D eigenvalue weighted by Gasteiger charge is -2.14. The van der Waals surface area contributed by atoms with Crippen molar-refractivity contribution >= 4 is 29.2 Å². The maximum Gasteiger partial charge on any atom is 0.326 e. The van der Waals surface area contributed by atoms with Gasteiger partial charge in [0.2, 0.25) is 0 Å². The third-order valence-corrected chi connectivity index (χ3v) is 2.42. The van der Waals surface area contributed by atoms with Crippen LogP contribution < -0.4 is 5.32 Å². The number of halogens is 1. The minimum atomic E-state index is -1.28. The number of hydrogen-bond acceptors (Lipinski definition) is 4. The molecule has 7 heteroatoms. The number of carboxylic acid groups (broad SMARTS) is 2. The first-order valence-corrected chi connectivity index (χ1v) is 5.22. The van der Waals surface area contributed by atoms with Gasteiger partial charge in [-0.3, -0.25) is 4.79 Å². The lowest BCUT2D eigenvalue weighted by Crippen LogP contribution is -2.31. The molecule has 0 bridgehead atoms. The number of nitrogens with zero attached hydrogens (tertiary/aromatic N) is 1. The van der Waals surface area contributed by atoms with E-state index in [2.05, 4.69) is 5.32 Å². The Labute approximate surface area is 107 Å². The van der Waals surface area contributed by atoms with E-state index in [4.69, 9.17) is 27.1 Å². The average molecular weight is 269 g/mol. The Morgan fingerprint density at radius 1 is 1.44 bits per heavy atom. The van der Waals surface area contributed by atoms with Crippen LogP contribution in [0.25, 0.3) is 0 Å². The molecule has 18 heavy (non-hydrogen) atoms. The molecule has 0 heterocycles. The molecule has 3 N–H and O–H groups in total. The zero-order valence-electron chi connectivity index (χ0n) is 9.05. The van der Waals surface area contributed by atoms with E-state index in [1.165, 1.54) is 18.2 Å². The lowest BCUT2D eigenvalue weighted by atomic mass is 10.1. The fourth-order valence-electron chi connectivity index (χ4n) is 1.27. The van der Waals surface area contributed by atoms with Gasteiger partial charge < -0.3 is 15.5 Å².